The molecule has 2 aromatic carbocycles. The molecule has 0 aliphatic carbocycles. The zero-order valence-corrected chi connectivity index (χ0v) is 15.2. The zero-order valence-electron chi connectivity index (χ0n) is 14.4. The fourth-order valence-electron chi connectivity index (χ4n) is 3.21. The van der Waals surface area contributed by atoms with Gasteiger partial charge in [0.2, 0.25) is 10.0 Å². The predicted octanol–water partition coefficient (Wildman–Crippen LogP) is 2.77. The quantitative estimate of drug-likeness (QED) is 0.849. The molecule has 0 aromatic heterocycles. The fourth-order valence-corrected chi connectivity index (χ4v) is 4.77. The van der Waals surface area contributed by atoms with Gasteiger partial charge in [0.15, 0.2) is 0 Å². The second-order valence-electron chi connectivity index (χ2n) is 6.38. The SMILES string of the molecule is Cc1cccc(N2CCN(S(=O)(=O)c3cccc(C#N)c3)CC2C)c1. The summed E-state index contributed by atoms with van der Waals surface area (Å²) < 4.78 is 27.3. The Hall–Kier alpha value is -2.36. The second kappa shape index (κ2) is 6.87. The van der Waals surface area contributed by atoms with Crippen LogP contribution in [0.2, 0.25) is 0 Å². The van der Waals surface area contributed by atoms with Gasteiger partial charge in [0.25, 0.3) is 0 Å². The van der Waals surface area contributed by atoms with E-state index in [9.17, 15) is 8.42 Å². The molecule has 2 aromatic rings. The maximum Gasteiger partial charge on any atom is 0.243 e. The highest BCUT2D eigenvalue weighted by Gasteiger charge is 2.32. The molecule has 0 bridgehead atoms. The lowest BCUT2D eigenvalue weighted by Gasteiger charge is -2.40. The molecule has 0 radical (unpaired) electrons. The Bertz CT molecular complexity index is 918. The summed E-state index contributed by atoms with van der Waals surface area (Å²) >= 11 is 0. The standard InChI is InChI=1S/C19H21N3O2S/c1-15-5-3-7-18(11-15)22-10-9-21(14-16(22)2)25(23,24)19-8-4-6-17(12-19)13-20/h3-8,11-12,16H,9-10,14H2,1-2H3. The number of nitriles is 1. The molecule has 25 heavy (non-hydrogen) atoms. The molecule has 0 spiro atoms. The van der Waals surface area contributed by atoms with Gasteiger partial charge in [0.1, 0.15) is 0 Å². The largest absolute Gasteiger partial charge is 0.366 e. The van der Waals surface area contributed by atoms with Crippen LogP contribution in [0.1, 0.15) is 18.1 Å². The van der Waals surface area contributed by atoms with Crippen molar-refractivity contribution in [1.82, 2.24) is 4.31 Å². The molecule has 130 valence electrons. The van der Waals surface area contributed by atoms with E-state index in [1.165, 1.54) is 15.9 Å². The third-order valence-corrected chi connectivity index (χ3v) is 6.39. The average molecular weight is 355 g/mol. The molecule has 0 N–H and O–H groups in total. The van der Waals surface area contributed by atoms with E-state index in [0.717, 1.165) is 5.69 Å². The Morgan fingerprint density at radius 1 is 1.12 bits per heavy atom. The summed E-state index contributed by atoms with van der Waals surface area (Å²) in [5.41, 5.74) is 2.66. The molecule has 1 saturated heterocycles. The summed E-state index contributed by atoms with van der Waals surface area (Å²) in [6.07, 6.45) is 0. The van der Waals surface area contributed by atoms with Gasteiger partial charge < -0.3 is 4.90 Å². The van der Waals surface area contributed by atoms with Crippen LogP contribution in [0.25, 0.3) is 0 Å². The second-order valence-corrected chi connectivity index (χ2v) is 8.32. The number of rotatable bonds is 3. The van der Waals surface area contributed by atoms with Crippen LogP contribution in [0.5, 0.6) is 0 Å². The van der Waals surface area contributed by atoms with Crippen LogP contribution in [0.15, 0.2) is 53.4 Å². The van der Waals surface area contributed by atoms with Gasteiger partial charge in [0, 0.05) is 31.4 Å². The first-order valence-electron chi connectivity index (χ1n) is 8.25. The van der Waals surface area contributed by atoms with E-state index in [0.29, 0.717) is 25.2 Å². The molecular formula is C19H21N3O2S. The maximum atomic E-state index is 12.9. The number of piperazine rings is 1. The molecule has 1 atom stereocenters. The van der Waals surface area contributed by atoms with Gasteiger partial charge in [-0.25, -0.2) is 8.42 Å². The van der Waals surface area contributed by atoms with Crippen LogP contribution < -0.4 is 4.90 Å². The lowest BCUT2D eigenvalue weighted by atomic mass is 10.1. The van der Waals surface area contributed by atoms with Crippen molar-refractivity contribution in [2.24, 2.45) is 0 Å². The van der Waals surface area contributed by atoms with Gasteiger partial charge in [0.05, 0.1) is 16.5 Å². The van der Waals surface area contributed by atoms with Crippen LogP contribution in [-0.2, 0) is 10.0 Å². The molecule has 1 aliphatic heterocycles. The Labute approximate surface area is 149 Å². The number of aryl methyl sites for hydroxylation is 1. The minimum atomic E-state index is -3.59. The Morgan fingerprint density at radius 3 is 2.56 bits per heavy atom. The Kier molecular flexibility index (Phi) is 4.80. The maximum absolute atomic E-state index is 12.9. The lowest BCUT2D eigenvalue weighted by Crippen LogP contribution is -2.53. The molecule has 5 nitrogen and oxygen atoms in total. The third-order valence-electron chi connectivity index (χ3n) is 4.52. The number of sulfonamides is 1. The van der Waals surface area contributed by atoms with Gasteiger partial charge >= 0.3 is 0 Å². The highest BCUT2D eigenvalue weighted by atomic mass is 32.2. The first-order valence-corrected chi connectivity index (χ1v) is 9.69. The Morgan fingerprint density at radius 2 is 1.88 bits per heavy atom. The van der Waals surface area contributed by atoms with E-state index >= 15 is 0 Å². The van der Waals surface area contributed by atoms with E-state index < -0.39 is 10.0 Å². The van der Waals surface area contributed by atoms with Gasteiger partial charge in [-0.2, -0.15) is 9.57 Å². The van der Waals surface area contributed by atoms with Crippen LogP contribution in [0.4, 0.5) is 5.69 Å². The normalized spacial score (nSPS) is 18.8. The first kappa shape index (κ1) is 17.5. The summed E-state index contributed by atoms with van der Waals surface area (Å²) in [4.78, 5) is 2.42. The number of nitrogens with zero attached hydrogens (tertiary/aromatic N) is 3. The first-order chi connectivity index (χ1) is 11.9. The lowest BCUT2D eigenvalue weighted by molar-refractivity contribution is 0.342. The number of anilines is 1. The average Bonchev–Trinajstić information content (AvgIpc) is 2.61. The van der Waals surface area contributed by atoms with E-state index in [1.807, 2.05) is 19.1 Å². The van der Waals surface area contributed by atoms with Crippen LogP contribution in [0, 0.1) is 18.3 Å². The van der Waals surface area contributed by atoms with Crippen molar-refractivity contribution in [3.63, 3.8) is 0 Å². The van der Waals surface area contributed by atoms with Crippen LogP contribution in [-0.4, -0.2) is 38.4 Å². The summed E-state index contributed by atoms with van der Waals surface area (Å²) in [5.74, 6) is 0. The fraction of sp³-hybridized carbons (Fsp3) is 0.316. The smallest absolute Gasteiger partial charge is 0.243 e. The van der Waals surface area contributed by atoms with Crippen LogP contribution in [0.3, 0.4) is 0 Å². The minimum absolute atomic E-state index is 0.0736. The van der Waals surface area contributed by atoms with E-state index in [4.69, 9.17) is 5.26 Å². The molecule has 1 unspecified atom stereocenters. The molecule has 1 fully saturated rings. The van der Waals surface area contributed by atoms with Crippen molar-refractivity contribution >= 4 is 15.7 Å². The van der Waals surface area contributed by atoms with Crippen molar-refractivity contribution in [2.45, 2.75) is 24.8 Å². The zero-order chi connectivity index (χ0) is 18.0. The van der Waals surface area contributed by atoms with Gasteiger partial charge in [-0.15, -0.1) is 0 Å². The van der Waals surface area contributed by atoms with E-state index in [2.05, 4.69) is 30.0 Å². The monoisotopic (exact) mass is 355 g/mol. The van der Waals surface area contributed by atoms with Crippen molar-refractivity contribution in [3.05, 3.63) is 59.7 Å². The highest BCUT2D eigenvalue weighted by molar-refractivity contribution is 7.89. The summed E-state index contributed by atoms with van der Waals surface area (Å²) in [6, 6.07) is 16.5. The predicted molar refractivity (Wildman–Crippen MR) is 97.9 cm³/mol. The molecule has 0 amide bonds. The summed E-state index contributed by atoms with van der Waals surface area (Å²) in [5, 5.41) is 9.00. The van der Waals surface area contributed by atoms with Gasteiger partial charge in [-0.05, 0) is 49.7 Å². The third kappa shape index (κ3) is 3.53. The summed E-state index contributed by atoms with van der Waals surface area (Å²) in [7, 11) is -3.59. The number of benzene rings is 2. The van der Waals surface area contributed by atoms with Crippen molar-refractivity contribution in [1.29, 1.82) is 5.26 Å². The van der Waals surface area contributed by atoms with E-state index in [1.54, 1.807) is 18.2 Å². The van der Waals surface area contributed by atoms with Crippen LogP contribution >= 0.6 is 0 Å². The topological polar surface area (TPSA) is 64.4 Å². The molecular weight excluding hydrogens is 334 g/mol. The highest BCUT2D eigenvalue weighted by Crippen LogP contribution is 2.25. The molecule has 6 heteroatoms. The minimum Gasteiger partial charge on any atom is -0.366 e. The molecule has 1 heterocycles. The number of hydrogen-bond donors (Lipinski definition) is 0. The summed E-state index contributed by atoms with van der Waals surface area (Å²) in [6.45, 7) is 5.58. The molecule has 3 rings (SSSR count). The van der Waals surface area contributed by atoms with Crippen molar-refractivity contribution < 1.29 is 8.42 Å². The number of hydrogen-bond acceptors (Lipinski definition) is 4. The van der Waals surface area contributed by atoms with Crippen molar-refractivity contribution in [2.75, 3.05) is 24.5 Å². The van der Waals surface area contributed by atoms with E-state index in [-0.39, 0.29) is 10.9 Å². The van der Waals surface area contributed by atoms with Gasteiger partial charge in [-0.3, -0.25) is 0 Å². The van der Waals surface area contributed by atoms with Gasteiger partial charge in [-0.1, -0.05) is 18.2 Å². The van der Waals surface area contributed by atoms with Crippen molar-refractivity contribution in [3.8, 4) is 6.07 Å². The Balaban J connectivity index is 1.81. The molecule has 0 saturated carbocycles. The molecule has 1 aliphatic rings.